The zero-order valence-corrected chi connectivity index (χ0v) is 15.4. The standard InChI is InChI=1S/C16H23N3O3S.ClH/c1-17-9-11-18(12-10-17)16(20)14-5-4-6-15(13-14)23(21,22)19-7-2-3-8-19;/h4-6,13H,2-3,7-12H2,1H3;1H/p-1. The number of hydrogen-bond donors (Lipinski definition) is 0. The minimum absolute atomic E-state index is 0. The van der Waals surface area contributed by atoms with Crippen molar-refractivity contribution in [2.24, 2.45) is 0 Å². The van der Waals surface area contributed by atoms with Crippen molar-refractivity contribution in [1.82, 2.24) is 14.1 Å². The van der Waals surface area contributed by atoms with E-state index in [1.54, 1.807) is 23.1 Å². The Labute approximate surface area is 149 Å². The first-order valence-electron chi connectivity index (χ1n) is 8.06. The van der Waals surface area contributed by atoms with Crippen LogP contribution in [0.25, 0.3) is 0 Å². The number of benzene rings is 1. The Balaban J connectivity index is 0.00000208. The van der Waals surface area contributed by atoms with Gasteiger partial charge in [-0.15, -0.1) is 0 Å². The Morgan fingerprint density at radius 1 is 1.00 bits per heavy atom. The first-order valence-corrected chi connectivity index (χ1v) is 9.50. The number of likely N-dealkylation sites (N-methyl/N-ethyl adjacent to an activating group) is 1. The van der Waals surface area contributed by atoms with Gasteiger partial charge >= 0.3 is 0 Å². The van der Waals surface area contributed by atoms with E-state index in [0.29, 0.717) is 31.7 Å². The van der Waals surface area contributed by atoms with Crippen LogP contribution in [-0.2, 0) is 10.0 Å². The molecular formula is C16H23ClN3O3S-. The molecule has 0 radical (unpaired) electrons. The van der Waals surface area contributed by atoms with Crippen molar-refractivity contribution in [2.45, 2.75) is 17.7 Å². The molecule has 2 heterocycles. The van der Waals surface area contributed by atoms with Gasteiger partial charge in [0.1, 0.15) is 0 Å². The molecule has 0 atom stereocenters. The summed E-state index contributed by atoms with van der Waals surface area (Å²) >= 11 is 0. The fourth-order valence-corrected chi connectivity index (χ4v) is 4.62. The van der Waals surface area contributed by atoms with E-state index in [-0.39, 0.29) is 23.2 Å². The molecular weight excluding hydrogens is 350 g/mol. The quantitative estimate of drug-likeness (QED) is 0.608. The number of carbonyl (C=O) groups excluding carboxylic acids is 1. The topological polar surface area (TPSA) is 60.9 Å². The number of piperazine rings is 1. The zero-order chi connectivity index (χ0) is 16.4. The van der Waals surface area contributed by atoms with Gasteiger partial charge in [0, 0.05) is 44.8 Å². The van der Waals surface area contributed by atoms with Gasteiger partial charge in [-0.3, -0.25) is 4.79 Å². The highest BCUT2D eigenvalue weighted by Crippen LogP contribution is 2.22. The lowest BCUT2D eigenvalue weighted by molar-refractivity contribution is -0.0000179. The molecule has 2 aliphatic rings. The van der Waals surface area contributed by atoms with Gasteiger partial charge in [0.05, 0.1) is 4.90 Å². The van der Waals surface area contributed by atoms with Crippen LogP contribution in [0.4, 0.5) is 0 Å². The largest absolute Gasteiger partial charge is 1.00 e. The second-order valence-corrected chi connectivity index (χ2v) is 8.17. The van der Waals surface area contributed by atoms with Crippen molar-refractivity contribution in [3.63, 3.8) is 0 Å². The van der Waals surface area contributed by atoms with Crippen LogP contribution in [-0.4, -0.2) is 74.7 Å². The number of hydrogen-bond acceptors (Lipinski definition) is 4. The van der Waals surface area contributed by atoms with Crippen molar-refractivity contribution in [3.8, 4) is 0 Å². The Morgan fingerprint density at radius 2 is 1.62 bits per heavy atom. The lowest BCUT2D eigenvalue weighted by atomic mass is 10.2. The molecule has 2 aliphatic heterocycles. The molecule has 0 aliphatic carbocycles. The average Bonchev–Trinajstić information content (AvgIpc) is 3.10. The van der Waals surface area contributed by atoms with Crippen molar-refractivity contribution in [2.75, 3.05) is 46.3 Å². The highest BCUT2D eigenvalue weighted by atomic mass is 35.5. The third-order valence-electron chi connectivity index (χ3n) is 4.57. The molecule has 134 valence electrons. The number of nitrogens with zero attached hydrogens (tertiary/aromatic N) is 3. The smallest absolute Gasteiger partial charge is 0.253 e. The molecule has 1 amide bonds. The number of rotatable bonds is 3. The molecule has 2 fully saturated rings. The fourth-order valence-electron chi connectivity index (χ4n) is 3.06. The summed E-state index contributed by atoms with van der Waals surface area (Å²) in [5.74, 6) is -0.0865. The van der Waals surface area contributed by atoms with E-state index in [4.69, 9.17) is 0 Å². The van der Waals surface area contributed by atoms with E-state index in [9.17, 15) is 13.2 Å². The first-order chi connectivity index (χ1) is 11.0. The lowest BCUT2D eigenvalue weighted by Crippen LogP contribution is -3.00. The molecule has 0 saturated carbocycles. The van der Waals surface area contributed by atoms with Gasteiger partial charge in [-0.05, 0) is 38.1 Å². The average molecular weight is 373 g/mol. The van der Waals surface area contributed by atoms with Crippen LogP contribution in [0.3, 0.4) is 0 Å². The summed E-state index contributed by atoms with van der Waals surface area (Å²) in [6, 6.07) is 6.46. The SMILES string of the molecule is CN1CCN(C(=O)c2cccc(S(=O)(=O)N3CCCC3)c2)CC1.[Cl-]. The first kappa shape index (κ1) is 19.2. The monoisotopic (exact) mass is 372 g/mol. The Morgan fingerprint density at radius 3 is 2.25 bits per heavy atom. The van der Waals surface area contributed by atoms with Gasteiger partial charge in [0.2, 0.25) is 10.0 Å². The summed E-state index contributed by atoms with van der Waals surface area (Å²) < 4.78 is 26.8. The molecule has 0 bridgehead atoms. The summed E-state index contributed by atoms with van der Waals surface area (Å²) in [6.07, 6.45) is 1.80. The van der Waals surface area contributed by atoms with E-state index in [1.807, 2.05) is 7.05 Å². The summed E-state index contributed by atoms with van der Waals surface area (Å²) in [5, 5.41) is 0. The van der Waals surface area contributed by atoms with Gasteiger partial charge < -0.3 is 22.2 Å². The predicted octanol–water partition coefficient (Wildman–Crippen LogP) is -2.14. The molecule has 0 unspecified atom stereocenters. The van der Waals surface area contributed by atoms with Gasteiger partial charge in [-0.2, -0.15) is 4.31 Å². The lowest BCUT2D eigenvalue weighted by Gasteiger charge is -2.32. The van der Waals surface area contributed by atoms with Crippen LogP contribution in [0.15, 0.2) is 29.2 Å². The molecule has 0 spiro atoms. The zero-order valence-electron chi connectivity index (χ0n) is 13.8. The van der Waals surface area contributed by atoms with Crippen LogP contribution in [0.2, 0.25) is 0 Å². The molecule has 1 aromatic carbocycles. The van der Waals surface area contributed by atoms with Crippen LogP contribution < -0.4 is 12.4 Å². The highest BCUT2D eigenvalue weighted by Gasteiger charge is 2.28. The molecule has 8 heteroatoms. The van der Waals surface area contributed by atoms with Gasteiger partial charge in [0.25, 0.3) is 5.91 Å². The number of sulfonamides is 1. The summed E-state index contributed by atoms with van der Waals surface area (Å²) in [6.45, 7) is 4.18. The molecule has 3 rings (SSSR count). The summed E-state index contributed by atoms with van der Waals surface area (Å²) in [4.78, 5) is 16.8. The maximum atomic E-state index is 12.6. The normalized spacial score (nSPS) is 20.0. The summed E-state index contributed by atoms with van der Waals surface area (Å²) in [5.41, 5.74) is 0.454. The molecule has 0 aromatic heterocycles. The van der Waals surface area contributed by atoms with Crippen molar-refractivity contribution in [1.29, 1.82) is 0 Å². The van der Waals surface area contributed by atoms with E-state index >= 15 is 0 Å². The van der Waals surface area contributed by atoms with E-state index in [1.165, 1.54) is 10.4 Å². The number of carbonyl (C=O) groups is 1. The molecule has 1 aromatic rings. The van der Waals surface area contributed by atoms with Gasteiger partial charge in [-0.1, -0.05) is 6.07 Å². The minimum atomic E-state index is -3.48. The molecule has 24 heavy (non-hydrogen) atoms. The van der Waals surface area contributed by atoms with Crippen molar-refractivity contribution >= 4 is 15.9 Å². The van der Waals surface area contributed by atoms with Crippen molar-refractivity contribution < 1.29 is 25.6 Å². The van der Waals surface area contributed by atoms with E-state index in [0.717, 1.165) is 25.9 Å². The maximum absolute atomic E-state index is 12.6. The van der Waals surface area contributed by atoms with Crippen LogP contribution >= 0.6 is 0 Å². The Hall–Kier alpha value is -1.15. The van der Waals surface area contributed by atoms with E-state index < -0.39 is 10.0 Å². The van der Waals surface area contributed by atoms with Crippen LogP contribution in [0, 0.1) is 0 Å². The number of amides is 1. The molecule has 2 saturated heterocycles. The summed E-state index contributed by atoms with van der Waals surface area (Å²) in [7, 11) is -1.45. The minimum Gasteiger partial charge on any atom is -1.00 e. The molecule has 0 N–H and O–H groups in total. The highest BCUT2D eigenvalue weighted by molar-refractivity contribution is 7.89. The maximum Gasteiger partial charge on any atom is 0.253 e. The second-order valence-electron chi connectivity index (χ2n) is 6.23. The Bertz CT molecular complexity index is 682. The van der Waals surface area contributed by atoms with Crippen LogP contribution in [0.5, 0.6) is 0 Å². The van der Waals surface area contributed by atoms with Gasteiger partial charge in [-0.25, -0.2) is 8.42 Å². The number of halogens is 1. The predicted molar refractivity (Wildman–Crippen MR) is 87.8 cm³/mol. The fraction of sp³-hybridized carbons (Fsp3) is 0.562. The second kappa shape index (κ2) is 7.82. The van der Waals surface area contributed by atoms with Gasteiger partial charge in [0.15, 0.2) is 0 Å². The third-order valence-corrected chi connectivity index (χ3v) is 6.47. The van der Waals surface area contributed by atoms with Crippen molar-refractivity contribution in [3.05, 3.63) is 29.8 Å². The van der Waals surface area contributed by atoms with Crippen LogP contribution in [0.1, 0.15) is 23.2 Å². The van der Waals surface area contributed by atoms with E-state index in [2.05, 4.69) is 4.90 Å². The third kappa shape index (κ3) is 3.91. The molecule has 6 nitrogen and oxygen atoms in total. The Kier molecular flexibility index (Phi) is 6.25.